The Labute approximate surface area is 141 Å². The fourth-order valence-electron chi connectivity index (χ4n) is 2.38. The number of hydrogen-bond acceptors (Lipinski definition) is 5. The Kier molecular flexibility index (Phi) is 3.59. The molecule has 0 radical (unpaired) electrons. The van der Waals surface area contributed by atoms with Gasteiger partial charge in [-0.1, -0.05) is 11.2 Å². The highest BCUT2D eigenvalue weighted by Gasteiger charge is 2.11. The Morgan fingerprint density at radius 1 is 1.12 bits per heavy atom. The topological polar surface area (TPSA) is 68.0 Å². The summed E-state index contributed by atoms with van der Waals surface area (Å²) in [7, 11) is 0. The van der Waals surface area contributed by atoms with Gasteiger partial charge < -0.3 is 9.84 Å². The molecular weight excluding hydrogens is 322 g/mol. The van der Waals surface area contributed by atoms with Gasteiger partial charge in [-0.15, -0.1) is 11.3 Å². The molecule has 4 aromatic rings. The van der Waals surface area contributed by atoms with Crippen LogP contribution in [0.5, 0.6) is 0 Å². The van der Waals surface area contributed by atoms with Crippen LogP contribution in [0, 0.1) is 6.92 Å². The van der Waals surface area contributed by atoms with Gasteiger partial charge in [-0.05, 0) is 48.9 Å². The Bertz CT molecular complexity index is 1000. The largest absolute Gasteiger partial charge is 0.351 e. The lowest BCUT2D eigenvalue weighted by Gasteiger charge is -2.03. The highest BCUT2D eigenvalue weighted by atomic mass is 32.1. The summed E-state index contributed by atoms with van der Waals surface area (Å²) in [5.41, 5.74) is 3.94. The van der Waals surface area contributed by atoms with E-state index in [1.165, 1.54) is 22.5 Å². The molecule has 1 N–H and O–H groups in total. The molecular formula is C18H13N3O2S. The zero-order chi connectivity index (χ0) is 16.5. The summed E-state index contributed by atoms with van der Waals surface area (Å²) < 4.78 is 6.01. The van der Waals surface area contributed by atoms with Crippen LogP contribution in [-0.4, -0.2) is 16.0 Å². The van der Waals surface area contributed by atoms with Crippen molar-refractivity contribution in [2.45, 2.75) is 6.92 Å². The van der Waals surface area contributed by atoms with Crippen molar-refractivity contribution >= 4 is 33.1 Å². The van der Waals surface area contributed by atoms with Gasteiger partial charge >= 0.3 is 0 Å². The van der Waals surface area contributed by atoms with Crippen LogP contribution < -0.4 is 5.32 Å². The Morgan fingerprint density at radius 2 is 1.96 bits per heavy atom. The first-order valence-electron chi connectivity index (χ1n) is 7.39. The predicted octanol–water partition coefficient (Wildman–Crippen LogP) is 4.51. The third-order valence-corrected chi connectivity index (χ3v) is 4.66. The van der Waals surface area contributed by atoms with Crippen molar-refractivity contribution < 1.29 is 9.32 Å². The van der Waals surface area contributed by atoms with Crippen molar-refractivity contribution in [2.75, 3.05) is 5.32 Å². The van der Waals surface area contributed by atoms with Crippen molar-refractivity contribution in [3.8, 4) is 10.6 Å². The van der Waals surface area contributed by atoms with Crippen LogP contribution in [-0.2, 0) is 0 Å². The summed E-state index contributed by atoms with van der Waals surface area (Å²) in [5.74, 6) is -0.142. The number of aryl methyl sites for hydroxylation is 1. The lowest BCUT2D eigenvalue weighted by atomic mass is 10.2. The first-order chi connectivity index (χ1) is 11.7. The van der Waals surface area contributed by atoms with E-state index in [1.54, 1.807) is 11.3 Å². The zero-order valence-electron chi connectivity index (χ0n) is 12.8. The van der Waals surface area contributed by atoms with E-state index in [-0.39, 0.29) is 11.7 Å². The molecule has 24 heavy (non-hydrogen) atoms. The minimum Gasteiger partial charge on any atom is -0.351 e. The Morgan fingerprint density at radius 3 is 2.71 bits per heavy atom. The van der Waals surface area contributed by atoms with E-state index >= 15 is 0 Å². The van der Waals surface area contributed by atoms with Crippen molar-refractivity contribution in [1.29, 1.82) is 0 Å². The fourth-order valence-corrected chi connectivity index (χ4v) is 3.45. The van der Waals surface area contributed by atoms with Gasteiger partial charge in [0.25, 0.3) is 5.91 Å². The predicted molar refractivity (Wildman–Crippen MR) is 94.2 cm³/mol. The molecule has 0 saturated carbocycles. The molecule has 118 valence electrons. The molecule has 4 rings (SSSR count). The number of anilines is 1. The first kappa shape index (κ1) is 14.6. The third-order valence-electron chi connectivity index (χ3n) is 3.60. The van der Waals surface area contributed by atoms with Gasteiger partial charge in [0.1, 0.15) is 5.01 Å². The van der Waals surface area contributed by atoms with Crippen molar-refractivity contribution in [3.05, 3.63) is 66.1 Å². The van der Waals surface area contributed by atoms with E-state index in [0.29, 0.717) is 5.69 Å². The van der Waals surface area contributed by atoms with Crippen molar-refractivity contribution in [1.82, 2.24) is 10.1 Å². The van der Waals surface area contributed by atoms with Gasteiger partial charge in [0, 0.05) is 17.3 Å². The maximum absolute atomic E-state index is 11.9. The molecule has 0 aliphatic heterocycles. The summed E-state index contributed by atoms with van der Waals surface area (Å²) in [6, 6.07) is 15.4. The molecule has 5 nitrogen and oxygen atoms in total. The van der Waals surface area contributed by atoms with E-state index in [2.05, 4.69) is 34.5 Å². The van der Waals surface area contributed by atoms with E-state index in [0.717, 1.165) is 16.1 Å². The van der Waals surface area contributed by atoms with Crippen LogP contribution >= 0.6 is 11.3 Å². The quantitative estimate of drug-likeness (QED) is 0.598. The van der Waals surface area contributed by atoms with E-state index in [9.17, 15) is 4.79 Å². The molecule has 0 aliphatic carbocycles. The number of aromatic nitrogens is 2. The van der Waals surface area contributed by atoms with Crippen LogP contribution in [0.25, 0.3) is 20.8 Å². The molecule has 0 atom stereocenters. The van der Waals surface area contributed by atoms with E-state index in [4.69, 9.17) is 4.52 Å². The van der Waals surface area contributed by atoms with Crippen LogP contribution in [0.15, 0.2) is 59.3 Å². The van der Waals surface area contributed by atoms with Crippen LogP contribution in [0.3, 0.4) is 0 Å². The molecule has 2 aromatic carbocycles. The summed E-state index contributed by atoms with van der Waals surface area (Å²) in [4.78, 5) is 16.6. The fraction of sp³-hybridized carbons (Fsp3) is 0.0556. The Hall–Kier alpha value is -2.99. The maximum Gasteiger partial charge on any atom is 0.294 e. The minimum absolute atomic E-state index is 0.181. The van der Waals surface area contributed by atoms with E-state index in [1.807, 2.05) is 30.3 Å². The molecule has 2 aromatic heterocycles. The number of carbonyl (C=O) groups is 1. The lowest BCUT2D eigenvalue weighted by Crippen LogP contribution is -2.10. The van der Waals surface area contributed by atoms with E-state index < -0.39 is 0 Å². The molecule has 0 aliphatic rings. The van der Waals surface area contributed by atoms with Gasteiger partial charge in [0.15, 0.2) is 0 Å². The number of hydrogen-bond donors (Lipinski definition) is 1. The second-order valence-electron chi connectivity index (χ2n) is 5.40. The number of amides is 1. The van der Waals surface area contributed by atoms with Gasteiger partial charge in [-0.3, -0.25) is 4.79 Å². The van der Waals surface area contributed by atoms with Crippen molar-refractivity contribution in [2.24, 2.45) is 0 Å². The number of rotatable bonds is 3. The number of benzene rings is 2. The average molecular weight is 335 g/mol. The molecule has 0 bridgehead atoms. The molecule has 0 unspecified atom stereocenters. The molecule has 0 saturated heterocycles. The van der Waals surface area contributed by atoms with Gasteiger partial charge in [0.2, 0.25) is 5.76 Å². The van der Waals surface area contributed by atoms with Crippen LogP contribution in [0.4, 0.5) is 5.69 Å². The second kappa shape index (κ2) is 5.90. The summed E-state index contributed by atoms with van der Waals surface area (Å²) in [5, 5.41) is 7.25. The lowest BCUT2D eigenvalue weighted by molar-refractivity contribution is 0.0988. The van der Waals surface area contributed by atoms with Gasteiger partial charge in [-0.2, -0.15) is 0 Å². The normalized spacial score (nSPS) is 10.9. The standard InChI is InChI=1S/C18H13N3O2S/c1-11-2-7-14-16(10-11)24-18(21-14)12-3-5-13(6-4-12)20-17(22)15-8-9-19-23-15/h2-10H,1H3,(H,20,22). The smallest absolute Gasteiger partial charge is 0.294 e. The molecule has 2 heterocycles. The number of thiazole rings is 1. The molecule has 1 amide bonds. The number of nitrogens with one attached hydrogen (secondary N) is 1. The molecule has 0 fully saturated rings. The van der Waals surface area contributed by atoms with Crippen molar-refractivity contribution in [3.63, 3.8) is 0 Å². The second-order valence-corrected chi connectivity index (χ2v) is 6.43. The first-order valence-corrected chi connectivity index (χ1v) is 8.20. The van der Waals surface area contributed by atoms with Crippen LogP contribution in [0.2, 0.25) is 0 Å². The maximum atomic E-state index is 11.9. The summed E-state index contributed by atoms with van der Waals surface area (Å²) in [6.07, 6.45) is 1.44. The van der Waals surface area contributed by atoms with Gasteiger partial charge in [0.05, 0.1) is 16.4 Å². The zero-order valence-corrected chi connectivity index (χ0v) is 13.6. The number of carbonyl (C=O) groups excluding carboxylic acids is 1. The number of nitrogens with zero attached hydrogens (tertiary/aromatic N) is 2. The molecule has 0 spiro atoms. The Balaban J connectivity index is 1.57. The highest BCUT2D eigenvalue weighted by Crippen LogP contribution is 2.31. The number of fused-ring (bicyclic) bond motifs is 1. The SMILES string of the molecule is Cc1ccc2nc(-c3ccc(NC(=O)c4ccno4)cc3)sc2c1. The summed E-state index contributed by atoms with van der Waals surface area (Å²) in [6.45, 7) is 2.07. The minimum atomic E-state index is -0.323. The average Bonchev–Trinajstić information content (AvgIpc) is 3.24. The van der Waals surface area contributed by atoms with Gasteiger partial charge in [-0.25, -0.2) is 4.98 Å². The third kappa shape index (κ3) is 2.79. The van der Waals surface area contributed by atoms with Crippen LogP contribution in [0.1, 0.15) is 16.1 Å². The molecule has 6 heteroatoms. The summed E-state index contributed by atoms with van der Waals surface area (Å²) >= 11 is 1.66. The highest BCUT2D eigenvalue weighted by molar-refractivity contribution is 7.21. The monoisotopic (exact) mass is 335 g/mol.